The van der Waals surface area contributed by atoms with Crippen molar-refractivity contribution >= 4 is 11.9 Å². The molecule has 1 aliphatic rings. The van der Waals surface area contributed by atoms with Crippen LogP contribution in [0.1, 0.15) is 30.9 Å². The van der Waals surface area contributed by atoms with Crippen molar-refractivity contribution in [3.05, 3.63) is 34.9 Å². The van der Waals surface area contributed by atoms with E-state index >= 15 is 0 Å². The van der Waals surface area contributed by atoms with Gasteiger partial charge in [-0.05, 0) is 30.0 Å². The summed E-state index contributed by atoms with van der Waals surface area (Å²) in [5.74, 6) is -0.545. The number of hydrogen-bond acceptors (Lipinski definition) is 2. The maximum atomic E-state index is 13.9. The van der Waals surface area contributed by atoms with E-state index in [9.17, 15) is 13.6 Å². The molecule has 2 rings (SSSR count). The number of carbonyl (C=O) groups is 1. The fraction of sp³-hybridized carbons (Fsp3) is 0.556. The second-order valence-electron chi connectivity index (χ2n) is 6.41. The van der Waals surface area contributed by atoms with Gasteiger partial charge < -0.3 is 15.1 Å². The summed E-state index contributed by atoms with van der Waals surface area (Å²) in [4.78, 5) is 19.7. The first-order valence-corrected chi connectivity index (χ1v) is 8.62. The molecule has 25 heavy (non-hydrogen) atoms. The van der Waals surface area contributed by atoms with Gasteiger partial charge in [-0.3, -0.25) is 4.79 Å². The molecule has 0 radical (unpaired) electrons. The van der Waals surface area contributed by atoms with Crippen LogP contribution in [-0.2, 0) is 17.8 Å². The zero-order valence-electron chi connectivity index (χ0n) is 15.1. The topological polar surface area (TPSA) is 47.9 Å². The number of benzene rings is 1. The van der Waals surface area contributed by atoms with Crippen LogP contribution in [-0.4, -0.2) is 55.4 Å². The third-order valence-corrected chi connectivity index (χ3v) is 4.22. The Morgan fingerprint density at radius 1 is 1.36 bits per heavy atom. The highest BCUT2D eigenvalue weighted by Crippen LogP contribution is 2.23. The van der Waals surface area contributed by atoms with Gasteiger partial charge in [0, 0.05) is 39.8 Å². The van der Waals surface area contributed by atoms with E-state index in [1.54, 1.807) is 14.1 Å². The zero-order chi connectivity index (χ0) is 18.4. The second kappa shape index (κ2) is 8.78. The van der Waals surface area contributed by atoms with Gasteiger partial charge in [0.05, 0.1) is 0 Å². The summed E-state index contributed by atoms with van der Waals surface area (Å²) in [6.07, 6.45) is 2.50. The molecule has 0 aliphatic carbocycles. The summed E-state index contributed by atoms with van der Waals surface area (Å²) < 4.78 is 27.4. The fourth-order valence-electron chi connectivity index (χ4n) is 2.72. The van der Waals surface area contributed by atoms with Crippen molar-refractivity contribution < 1.29 is 13.6 Å². The fourth-order valence-corrected chi connectivity index (χ4v) is 2.72. The first kappa shape index (κ1) is 19.1. The number of fused-ring (bicyclic) bond motifs is 1. The number of likely N-dealkylation sites (N-methyl/N-ethyl adjacent to an activating group) is 1. The monoisotopic (exact) mass is 352 g/mol. The van der Waals surface area contributed by atoms with Crippen LogP contribution in [0.5, 0.6) is 0 Å². The van der Waals surface area contributed by atoms with Crippen LogP contribution in [0.2, 0.25) is 0 Å². The van der Waals surface area contributed by atoms with Gasteiger partial charge in [0.1, 0.15) is 18.2 Å². The molecule has 1 aliphatic heterocycles. The molecular weight excluding hydrogens is 326 g/mol. The molecule has 1 aromatic rings. The minimum Gasteiger partial charge on any atom is -0.356 e. The Kier molecular flexibility index (Phi) is 6.73. The number of halogens is 2. The van der Waals surface area contributed by atoms with Crippen LogP contribution in [0.25, 0.3) is 0 Å². The molecule has 0 saturated heterocycles. The van der Waals surface area contributed by atoms with Gasteiger partial charge in [0.2, 0.25) is 5.91 Å². The quantitative estimate of drug-likeness (QED) is 0.502. The van der Waals surface area contributed by atoms with Gasteiger partial charge in [-0.25, -0.2) is 13.8 Å². The van der Waals surface area contributed by atoms with E-state index in [1.807, 2.05) is 4.90 Å². The van der Waals surface area contributed by atoms with Gasteiger partial charge in [-0.2, -0.15) is 0 Å². The summed E-state index contributed by atoms with van der Waals surface area (Å²) in [5.41, 5.74) is 1.20. The Hall–Kier alpha value is -2.18. The average Bonchev–Trinajstić information content (AvgIpc) is 2.56. The molecule has 1 aromatic carbocycles. The SMILES string of the molecule is CCCCNC(=NCC(=O)N(C)C)N1CCc2c(F)cc(F)cc2C1. The van der Waals surface area contributed by atoms with Gasteiger partial charge in [-0.15, -0.1) is 0 Å². The largest absolute Gasteiger partial charge is 0.356 e. The Bertz CT molecular complexity index is 646. The number of guanidine groups is 1. The smallest absolute Gasteiger partial charge is 0.243 e. The molecule has 5 nitrogen and oxygen atoms in total. The van der Waals surface area contributed by atoms with E-state index in [-0.39, 0.29) is 12.5 Å². The molecule has 138 valence electrons. The van der Waals surface area contributed by atoms with Crippen molar-refractivity contribution in [2.24, 2.45) is 4.99 Å². The molecule has 0 bridgehead atoms. The van der Waals surface area contributed by atoms with Crippen molar-refractivity contribution in [2.45, 2.75) is 32.7 Å². The van der Waals surface area contributed by atoms with Crippen molar-refractivity contribution in [2.75, 3.05) is 33.7 Å². The van der Waals surface area contributed by atoms with Crippen molar-refractivity contribution in [3.8, 4) is 0 Å². The molecule has 1 heterocycles. The third-order valence-electron chi connectivity index (χ3n) is 4.22. The first-order valence-electron chi connectivity index (χ1n) is 8.62. The number of amides is 1. The van der Waals surface area contributed by atoms with Crippen LogP contribution < -0.4 is 5.32 Å². The summed E-state index contributed by atoms with van der Waals surface area (Å²) in [6, 6.07) is 2.30. The van der Waals surface area contributed by atoms with Crippen LogP contribution in [0.3, 0.4) is 0 Å². The van der Waals surface area contributed by atoms with E-state index in [2.05, 4.69) is 17.2 Å². The molecule has 0 unspecified atom stereocenters. The van der Waals surface area contributed by atoms with Crippen LogP contribution >= 0.6 is 0 Å². The minimum atomic E-state index is -0.571. The lowest BCUT2D eigenvalue weighted by Crippen LogP contribution is -2.45. The molecule has 0 fully saturated rings. The van der Waals surface area contributed by atoms with Gasteiger partial charge in [0.25, 0.3) is 0 Å². The van der Waals surface area contributed by atoms with E-state index in [1.165, 1.54) is 11.0 Å². The number of carbonyl (C=O) groups excluding carboxylic acids is 1. The van der Waals surface area contributed by atoms with E-state index < -0.39 is 11.6 Å². The number of nitrogens with one attached hydrogen (secondary N) is 1. The molecule has 1 N–H and O–H groups in total. The minimum absolute atomic E-state index is 0.0440. The standard InChI is InChI=1S/C18H26F2N4O/c1-4-5-7-21-18(22-11-17(25)23(2)3)24-8-6-15-13(12-24)9-14(19)10-16(15)20/h9-10H,4-8,11-12H2,1-3H3,(H,21,22). The Labute approximate surface area is 147 Å². The Balaban J connectivity index is 2.16. The maximum absolute atomic E-state index is 13.9. The second-order valence-corrected chi connectivity index (χ2v) is 6.41. The highest BCUT2D eigenvalue weighted by Gasteiger charge is 2.22. The highest BCUT2D eigenvalue weighted by molar-refractivity contribution is 5.85. The summed E-state index contributed by atoms with van der Waals surface area (Å²) in [7, 11) is 3.37. The summed E-state index contributed by atoms with van der Waals surface area (Å²) in [6.45, 7) is 3.83. The Morgan fingerprint density at radius 2 is 2.12 bits per heavy atom. The predicted molar refractivity (Wildman–Crippen MR) is 94.4 cm³/mol. The number of rotatable bonds is 5. The Morgan fingerprint density at radius 3 is 2.80 bits per heavy atom. The molecule has 0 saturated carbocycles. The third kappa shape index (κ3) is 5.14. The van der Waals surface area contributed by atoms with E-state index in [0.717, 1.165) is 25.5 Å². The lowest BCUT2D eigenvalue weighted by molar-refractivity contribution is -0.127. The molecular formula is C18H26F2N4O. The molecule has 7 heteroatoms. The normalized spacial score (nSPS) is 14.3. The van der Waals surface area contributed by atoms with E-state index in [4.69, 9.17) is 0 Å². The molecule has 0 aromatic heterocycles. The number of unbranched alkanes of at least 4 members (excludes halogenated alkanes) is 1. The van der Waals surface area contributed by atoms with Crippen LogP contribution in [0.15, 0.2) is 17.1 Å². The summed E-state index contributed by atoms with van der Waals surface area (Å²) >= 11 is 0. The first-order chi connectivity index (χ1) is 11.9. The van der Waals surface area contributed by atoms with Crippen molar-refractivity contribution in [1.29, 1.82) is 0 Å². The molecule has 1 amide bonds. The summed E-state index contributed by atoms with van der Waals surface area (Å²) in [5, 5.41) is 3.26. The molecule has 0 atom stereocenters. The number of aliphatic imine (C=N–C) groups is 1. The van der Waals surface area contributed by atoms with Crippen molar-refractivity contribution in [1.82, 2.24) is 15.1 Å². The predicted octanol–water partition coefficient (Wildman–Crippen LogP) is 2.16. The molecule has 0 spiro atoms. The van der Waals surface area contributed by atoms with Crippen LogP contribution in [0.4, 0.5) is 8.78 Å². The van der Waals surface area contributed by atoms with E-state index in [0.29, 0.717) is 36.6 Å². The maximum Gasteiger partial charge on any atom is 0.243 e. The van der Waals surface area contributed by atoms with Crippen LogP contribution in [0, 0.1) is 11.6 Å². The van der Waals surface area contributed by atoms with Gasteiger partial charge >= 0.3 is 0 Å². The van der Waals surface area contributed by atoms with Gasteiger partial charge in [0.15, 0.2) is 5.96 Å². The highest BCUT2D eigenvalue weighted by atomic mass is 19.1. The zero-order valence-corrected chi connectivity index (χ0v) is 15.1. The average molecular weight is 352 g/mol. The lowest BCUT2D eigenvalue weighted by atomic mass is 9.99. The van der Waals surface area contributed by atoms with Gasteiger partial charge in [-0.1, -0.05) is 13.3 Å². The van der Waals surface area contributed by atoms with Crippen molar-refractivity contribution in [3.63, 3.8) is 0 Å². The number of hydrogen-bond donors (Lipinski definition) is 1. The number of nitrogens with zero attached hydrogens (tertiary/aromatic N) is 3. The lowest BCUT2D eigenvalue weighted by Gasteiger charge is -2.32.